The summed E-state index contributed by atoms with van der Waals surface area (Å²) in [6, 6.07) is -0.102. The van der Waals surface area contributed by atoms with E-state index in [0.717, 1.165) is 13.0 Å². The predicted molar refractivity (Wildman–Crippen MR) is 72.4 cm³/mol. The lowest BCUT2D eigenvalue weighted by Crippen LogP contribution is -2.51. The van der Waals surface area contributed by atoms with Gasteiger partial charge in [-0.25, -0.2) is 8.42 Å². The van der Waals surface area contributed by atoms with Crippen molar-refractivity contribution >= 4 is 10.0 Å². The molecule has 2 fully saturated rings. The minimum atomic E-state index is -3.29. The zero-order valence-electron chi connectivity index (χ0n) is 11.3. The van der Waals surface area contributed by atoms with E-state index in [1.165, 1.54) is 17.1 Å². The lowest BCUT2D eigenvalue weighted by molar-refractivity contribution is 0.0109. The number of hydrogen-bond donors (Lipinski definition) is 2. The first kappa shape index (κ1) is 15.2. The first-order valence-corrected chi connectivity index (χ1v) is 8.66. The largest absolute Gasteiger partial charge is 0.395 e. The van der Waals surface area contributed by atoms with Gasteiger partial charge >= 0.3 is 0 Å². The summed E-state index contributed by atoms with van der Waals surface area (Å²) in [5.41, 5.74) is 0. The van der Waals surface area contributed by atoms with Crippen LogP contribution in [0.15, 0.2) is 0 Å². The van der Waals surface area contributed by atoms with E-state index in [2.05, 4.69) is 5.32 Å². The molecule has 7 heteroatoms. The van der Waals surface area contributed by atoms with Crippen molar-refractivity contribution in [3.8, 4) is 0 Å². The van der Waals surface area contributed by atoms with Crippen LogP contribution < -0.4 is 5.32 Å². The fourth-order valence-corrected chi connectivity index (χ4v) is 4.48. The Bertz CT molecular complexity index is 368. The highest BCUT2D eigenvalue weighted by molar-refractivity contribution is 7.89. The first-order chi connectivity index (χ1) is 9.13. The van der Waals surface area contributed by atoms with Gasteiger partial charge in [0.25, 0.3) is 0 Å². The second-order valence-electron chi connectivity index (χ2n) is 5.27. The number of nitrogens with zero attached hydrogens (tertiary/aromatic N) is 1. The van der Waals surface area contributed by atoms with Crippen molar-refractivity contribution in [1.82, 2.24) is 9.62 Å². The minimum absolute atomic E-state index is 0.154. The van der Waals surface area contributed by atoms with Crippen LogP contribution in [0.3, 0.4) is 0 Å². The molecule has 0 aromatic carbocycles. The molecular weight excluding hydrogens is 268 g/mol. The lowest BCUT2D eigenvalue weighted by Gasteiger charge is -2.34. The molecule has 0 amide bonds. The number of piperidine rings is 1. The third-order valence-electron chi connectivity index (χ3n) is 3.88. The van der Waals surface area contributed by atoms with Gasteiger partial charge in [0, 0.05) is 12.6 Å². The number of rotatable bonds is 5. The van der Waals surface area contributed by atoms with Crippen molar-refractivity contribution in [2.45, 2.75) is 37.8 Å². The summed E-state index contributed by atoms with van der Waals surface area (Å²) in [4.78, 5) is 0. The second-order valence-corrected chi connectivity index (χ2v) is 7.31. The van der Waals surface area contributed by atoms with Crippen LogP contribution in [0.2, 0.25) is 0 Å². The van der Waals surface area contributed by atoms with Crippen LogP contribution in [-0.2, 0) is 14.8 Å². The monoisotopic (exact) mass is 292 g/mol. The fourth-order valence-electron chi connectivity index (χ4n) is 2.73. The molecule has 2 atom stereocenters. The van der Waals surface area contributed by atoms with Crippen LogP contribution in [0.25, 0.3) is 0 Å². The zero-order valence-corrected chi connectivity index (χ0v) is 12.1. The third-order valence-corrected chi connectivity index (χ3v) is 5.83. The van der Waals surface area contributed by atoms with Crippen molar-refractivity contribution in [1.29, 1.82) is 0 Å². The van der Waals surface area contributed by atoms with Crippen LogP contribution in [0.5, 0.6) is 0 Å². The molecule has 2 N–H and O–H groups in total. The van der Waals surface area contributed by atoms with E-state index in [0.29, 0.717) is 25.6 Å². The Hall–Kier alpha value is -0.210. The Kier molecular flexibility index (Phi) is 5.58. The summed E-state index contributed by atoms with van der Waals surface area (Å²) in [5.74, 6) is 0.154. The molecule has 19 heavy (non-hydrogen) atoms. The minimum Gasteiger partial charge on any atom is -0.395 e. The maximum Gasteiger partial charge on any atom is 0.214 e. The Labute approximate surface area is 115 Å². The fraction of sp³-hybridized carbons (Fsp3) is 1.00. The van der Waals surface area contributed by atoms with Crippen molar-refractivity contribution in [2.24, 2.45) is 0 Å². The zero-order chi connectivity index (χ0) is 13.7. The van der Waals surface area contributed by atoms with Gasteiger partial charge in [-0.1, -0.05) is 6.42 Å². The molecule has 0 saturated carbocycles. The third kappa shape index (κ3) is 4.13. The molecule has 0 bridgehead atoms. The summed E-state index contributed by atoms with van der Waals surface area (Å²) < 4.78 is 31.3. The van der Waals surface area contributed by atoms with Gasteiger partial charge in [-0.2, -0.15) is 4.31 Å². The van der Waals surface area contributed by atoms with E-state index in [-0.39, 0.29) is 19.0 Å². The summed E-state index contributed by atoms with van der Waals surface area (Å²) in [7, 11) is -3.29. The SMILES string of the molecule is O=S(=O)(CCC1CCCCN1)N1CCOCC1CO. The van der Waals surface area contributed by atoms with Crippen LogP contribution in [0, 0.1) is 0 Å². The van der Waals surface area contributed by atoms with Gasteiger partial charge in [-0.05, 0) is 25.8 Å². The standard InChI is InChI=1S/C12H24N2O4S/c15-9-12-10-18-7-6-14(12)19(16,17)8-4-11-3-1-2-5-13-11/h11-13,15H,1-10H2. The molecule has 2 heterocycles. The molecule has 0 aromatic rings. The van der Waals surface area contributed by atoms with E-state index in [9.17, 15) is 13.5 Å². The number of aliphatic hydroxyl groups excluding tert-OH is 1. The highest BCUT2D eigenvalue weighted by Gasteiger charge is 2.32. The average molecular weight is 292 g/mol. The maximum atomic E-state index is 12.3. The summed E-state index contributed by atoms with van der Waals surface area (Å²) in [6.07, 6.45) is 4.06. The van der Waals surface area contributed by atoms with Gasteiger partial charge in [0.15, 0.2) is 0 Å². The molecule has 2 aliphatic rings. The molecule has 2 aliphatic heterocycles. The Balaban J connectivity index is 1.89. The molecule has 0 radical (unpaired) electrons. The first-order valence-electron chi connectivity index (χ1n) is 7.05. The lowest BCUT2D eigenvalue weighted by atomic mass is 10.0. The summed E-state index contributed by atoms with van der Waals surface area (Å²) in [6.45, 7) is 1.86. The Morgan fingerprint density at radius 2 is 2.21 bits per heavy atom. The molecular formula is C12H24N2O4S. The highest BCUT2D eigenvalue weighted by Crippen LogP contribution is 2.16. The molecule has 2 saturated heterocycles. The van der Waals surface area contributed by atoms with Crippen molar-refractivity contribution in [2.75, 3.05) is 38.7 Å². The topological polar surface area (TPSA) is 78.9 Å². The second kappa shape index (κ2) is 6.99. The van der Waals surface area contributed by atoms with E-state index in [4.69, 9.17) is 4.74 Å². The van der Waals surface area contributed by atoms with Crippen molar-refractivity contribution in [3.63, 3.8) is 0 Å². The van der Waals surface area contributed by atoms with Gasteiger partial charge in [-0.15, -0.1) is 0 Å². The van der Waals surface area contributed by atoms with Gasteiger partial charge in [-0.3, -0.25) is 0 Å². The number of ether oxygens (including phenoxy) is 1. The number of nitrogens with one attached hydrogen (secondary N) is 1. The number of hydrogen-bond acceptors (Lipinski definition) is 5. The van der Waals surface area contributed by atoms with Gasteiger partial charge < -0.3 is 15.2 Å². The predicted octanol–water partition coefficient (Wildman–Crippen LogP) is -0.458. The normalized spacial score (nSPS) is 30.4. The van der Waals surface area contributed by atoms with Gasteiger partial charge in [0.05, 0.1) is 31.6 Å². The summed E-state index contributed by atoms with van der Waals surface area (Å²) >= 11 is 0. The van der Waals surface area contributed by atoms with Crippen LogP contribution in [-0.4, -0.2) is 68.6 Å². The van der Waals surface area contributed by atoms with Crippen molar-refractivity contribution < 1.29 is 18.3 Å². The number of morpholine rings is 1. The van der Waals surface area contributed by atoms with Crippen LogP contribution >= 0.6 is 0 Å². The average Bonchev–Trinajstić information content (AvgIpc) is 2.46. The smallest absolute Gasteiger partial charge is 0.214 e. The maximum absolute atomic E-state index is 12.3. The van der Waals surface area contributed by atoms with Crippen molar-refractivity contribution in [3.05, 3.63) is 0 Å². The summed E-state index contributed by atoms with van der Waals surface area (Å²) in [5, 5.41) is 12.6. The van der Waals surface area contributed by atoms with E-state index in [1.54, 1.807) is 0 Å². The number of sulfonamides is 1. The van der Waals surface area contributed by atoms with E-state index < -0.39 is 16.1 Å². The highest BCUT2D eigenvalue weighted by atomic mass is 32.2. The molecule has 0 aliphatic carbocycles. The van der Waals surface area contributed by atoms with Gasteiger partial charge in [0.2, 0.25) is 10.0 Å². The van der Waals surface area contributed by atoms with Crippen LogP contribution in [0.4, 0.5) is 0 Å². The molecule has 0 aromatic heterocycles. The van der Waals surface area contributed by atoms with E-state index in [1.807, 2.05) is 0 Å². The van der Waals surface area contributed by atoms with Crippen LogP contribution in [0.1, 0.15) is 25.7 Å². The molecule has 2 unspecified atom stereocenters. The Morgan fingerprint density at radius 1 is 1.37 bits per heavy atom. The van der Waals surface area contributed by atoms with Gasteiger partial charge in [0.1, 0.15) is 0 Å². The molecule has 112 valence electrons. The Morgan fingerprint density at radius 3 is 2.89 bits per heavy atom. The molecule has 2 rings (SSSR count). The molecule has 6 nitrogen and oxygen atoms in total. The van der Waals surface area contributed by atoms with E-state index >= 15 is 0 Å². The number of aliphatic hydroxyl groups is 1. The molecule has 0 spiro atoms. The quantitative estimate of drug-likeness (QED) is 0.717.